The third-order valence-corrected chi connectivity index (χ3v) is 3.65. The van der Waals surface area contributed by atoms with Gasteiger partial charge in [0.1, 0.15) is 11.3 Å². The molecule has 0 aliphatic heterocycles. The lowest BCUT2D eigenvalue weighted by Crippen LogP contribution is -2.16. The van der Waals surface area contributed by atoms with Crippen molar-refractivity contribution in [3.8, 4) is 0 Å². The summed E-state index contributed by atoms with van der Waals surface area (Å²) in [7, 11) is 0. The first-order valence-electron chi connectivity index (χ1n) is 7.77. The first kappa shape index (κ1) is 15.1. The van der Waals surface area contributed by atoms with Crippen molar-refractivity contribution in [1.82, 2.24) is 5.32 Å². The summed E-state index contributed by atoms with van der Waals surface area (Å²) in [6.45, 7) is 4.90. The quantitative estimate of drug-likeness (QED) is 0.687. The number of fused-ring (bicyclic) bond motifs is 1. The highest BCUT2D eigenvalue weighted by Crippen LogP contribution is 2.27. The average molecular weight is 274 g/mol. The molecule has 1 heterocycles. The molecule has 0 unspecified atom stereocenters. The van der Waals surface area contributed by atoms with Gasteiger partial charge in [-0.25, -0.2) is 0 Å². The Labute approximate surface area is 121 Å². The summed E-state index contributed by atoms with van der Waals surface area (Å²) in [5, 5.41) is 4.77. The van der Waals surface area contributed by atoms with Crippen LogP contribution < -0.4 is 11.1 Å². The van der Waals surface area contributed by atoms with E-state index in [2.05, 4.69) is 30.4 Å². The van der Waals surface area contributed by atoms with E-state index in [9.17, 15) is 0 Å². The van der Waals surface area contributed by atoms with Gasteiger partial charge in [0, 0.05) is 23.9 Å². The van der Waals surface area contributed by atoms with Crippen molar-refractivity contribution in [1.29, 1.82) is 0 Å². The molecule has 3 heteroatoms. The molecule has 0 aliphatic rings. The molecule has 2 aromatic rings. The highest BCUT2D eigenvalue weighted by Gasteiger charge is 2.12. The van der Waals surface area contributed by atoms with E-state index in [1.54, 1.807) is 0 Å². The lowest BCUT2D eigenvalue weighted by Gasteiger charge is -2.05. The molecule has 1 aromatic carbocycles. The van der Waals surface area contributed by atoms with Crippen molar-refractivity contribution < 1.29 is 4.42 Å². The van der Waals surface area contributed by atoms with Crippen LogP contribution in [0.4, 0.5) is 0 Å². The van der Waals surface area contributed by atoms with Crippen LogP contribution >= 0.6 is 0 Å². The van der Waals surface area contributed by atoms with Gasteiger partial charge in [-0.2, -0.15) is 0 Å². The third-order valence-electron chi connectivity index (χ3n) is 3.65. The summed E-state index contributed by atoms with van der Waals surface area (Å²) in [4.78, 5) is 0. The number of aryl methyl sites for hydroxylation is 1. The Morgan fingerprint density at radius 2 is 2.00 bits per heavy atom. The molecule has 0 saturated carbocycles. The number of nitrogens with one attached hydrogen (secondary N) is 1. The largest absolute Gasteiger partial charge is 0.461 e. The zero-order valence-electron chi connectivity index (χ0n) is 12.5. The molecule has 0 bridgehead atoms. The van der Waals surface area contributed by atoms with Crippen molar-refractivity contribution >= 4 is 11.0 Å². The van der Waals surface area contributed by atoms with E-state index >= 15 is 0 Å². The maximum absolute atomic E-state index is 6.02. The van der Waals surface area contributed by atoms with E-state index in [1.807, 2.05) is 6.07 Å². The number of rotatable bonds is 9. The SMILES string of the molecule is CCCCc1oc2ccccc2c1CNCCCCN. The number of hydrogen-bond acceptors (Lipinski definition) is 3. The summed E-state index contributed by atoms with van der Waals surface area (Å²) in [6, 6.07) is 8.33. The molecule has 1 aromatic heterocycles. The number of furan rings is 1. The van der Waals surface area contributed by atoms with E-state index < -0.39 is 0 Å². The first-order chi connectivity index (χ1) is 9.86. The second-order valence-electron chi connectivity index (χ2n) is 5.28. The topological polar surface area (TPSA) is 51.2 Å². The van der Waals surface area contributed by atoms with Crippen LogP contribution in [0.3, 0.4) is 0 Å². The standard InChI is InChI=1S/C17H26N2O/c1-2-3-9-17-15(13-19-12-7-6-11-18)14-8-4-5-10-16(14)20-17/h4-5,8,10,19H,2-3,6-7,9,11-13,18H2,1H3. The maximum atomic E-state index is 6.02. The van der Waals surface area contributed by atoms with Crippen LogP contribution in [0.5, 0.6) is 0 Å². The second-order valence-corrected chi connectivity index (χ2v) is 5.28. The molecule has 2 rings (SSSR count). The van der Waals surface area contributed by atoms with Gasteiger partial charge in [0.05, 0.1) is 0 Å². The predicted molar refractivity (Wildman–Crippen MR) is 84.8 cm³/mol. The zero-order chi connectivity index (χ0) is 14.2. The lowest BCUT2D eigenvalue weighted by atomic mass is 10.1. The fourth-order valence-corrected chi connectivity index (χ4v) is 2.49. The number of nitrogens with two attached hydrogens (primary N) is 1. The Hall–Kier alpha value is -1.32. The Kier molecular flexibility index (Phi) is 6.09. The molecule has 3 nitrogen and oxygen atoms in total. The van der Waals surface area contributed by atoms with E-state index in [0.717, 1.165) is 50.2 Å². The smallest absolute Gasteiger partial charge is 0.134 e. The van der Waals surface area contributed by atoms with Gasteiger partial charge in [0.15, 0.2) is 0 Å². The summed E-state index contributed by atoms with van der Waals surface area (Å²) >= 11 is 0. The van der Waals surface area contributed by atoms with Crippen LogP contribution in [-0.2, 0) is 13.0 Å². The third kappa shape index (κ3) is 3.84. The number of hydrogen-bond donors (Lipinski definition) is 2. The summed E-state index contributed by atoms with van der Waals surface area (Å²) in [5.74, 6) is 1.15. The van der Waals surface area contributed by atoms with Gasteiger partial charge in [-0.05, 0) is 38.4 Å². The molecule has 3 N–H and O–H groups in total. The van der Waals surface area contributed by atoms with E-state index in [1.165, 1.54) is 23.8 Å². The summed E-state index contributed by atoms with van der Waals surface area (Å²) in [5.41, 5.74) is 7.86. The van der Waals surface area contributed by atoms with Crippen molar-refractivity contribution in [2.45, 2.75) is 45.6 Å². The predicted octanol–water partition coefficient (Wildman–Crippen LogP) is 3.60. The van der Waals surface area contributed by atoms with E-state index in [0.29, 0.717) is 0 Å². The normalized spacial score (nSPS) is 11.3. The molecule has 0 radical (unpaired) electrons. The van der Waals surface area contributed by atoms with E-state index in [-0.39, 0.29) is 0 Å². The van der Waals surface area contributed by atoms with Crippen molar-refractivity contribution in [3.05, 3.63) is 35.6 Å². The zero-order valence-corrected chi connectivity index (χ0v) is 12.5. The number of benzene rings is 1. The summed E-state index contributed by atoms with van der Waals surface area (Å²) in [6.07, 6.45) is 5.63. The van der Waals surface area contributed by atoms with Crippen LogP contribution in [0.25, 0.3) is 11.0 Å². The van der Waals surface area contributed by atoms with Gasteiger partial charge in [0.25, 0.3) is 0 Å². The van der Waals surface area contributed by atoms with Gasteiger partial charge in [0.2, 0.25) is 0 Å². The molecule has 20 heavy (non-hydrogen) atoms. The highest BCUT2D eigenvalue weighted by atomic mass is 16.3. The molecule has 0 atom stereocenters. The lowest BCUT2D eigenvalue weighted by molar-refractivity contribution is 0.523. The van der Waals surface area contributed by atoms with Crippen LogP contribution in [0, 0.1) is 0 Å². The van der Waals surface area contributed by atoms with Crippen molar-refractivity contribution in [2.24, 2.45) is 5.73 Å². The minimum atomic E-state index is 0.776. The fraction of sp³-hybridized carbons (Fsp3) is 0.529. The molecule has 0 saturated heterocycles. The second kappa shape index (κ2) is 8.08. The van der Waals surface area contributed by atoms with E-state index in [4.69, 9.17) is 10.2 Å². The highest BCUT2D eigenvalue weighted by molar-refractivity contribution is 5.82. The van der Waals surface area contributed by atoms with Crippen LogP contribution in [0.1, 0.15) is 43.9 Å². The molecular weight excluding hydrogens is 248 g/mol. The van der Waals surface area contributed by atoms with Gasteiger partial charge in [-0.1, -0.05) is 31.5 Å². The molecular formula is C17H26N2O. The molecule has 110 valence electrons. The molecule has 0 fully saturated rings. The first-order valence-corrected chi connectivity index (χ1v) is 7.77. The van der Waals surface area contributed by atoms with Gasteiger partial charge >= 0.3 is 0 Å². The van der Waals surface area contributed by atoms with Crippen LogP contribution in [-0.4, -0.2) is 13.1 Å². The Morgan fingerprint density at radius 1 is 1.15 bits per heavy atom. The Balaban J connectivity index is 2.07. The van der Waals surface area contributed by atoms with Gasteiger partial charge < -0.3 is 15.5 Å². The Morgan fingerprint density at radius 3 is 2.80 bits per heavy atom. The minimum absolute atomic E-state index is 0.776. The monoisotopic (exact) mass is 274 g/mol. The number of para-hydroxylation sites is 1. The number of unbranched alkanes of at least 4 members (excludes halogenated alkanes) is 2. The molecule has 0 amide bonds. The molecule has 0 spiro atoms. The fourth-order valence-electron chi connectivity index (χ4n) is 2.49. The van der Waals surface area contributed by atoms with Crippen molar-refractivity contribution in [3.63, 3.8) is 0 Å². The Bertz CT molecular complexity index is 519. The van der Waals surface area contributed by atoms with Gasteiger partial charge in [-0.3, -0.25) is 0 Å². The van der Waals surface area contributed by atoms with Crippen molar-refractivity contribution in [2.75, 3.05) is 13.1 Å². The average Bonchev–Trinajstić information content (AvgIpc) is 2.83. The summed E-state index contributed by atoms with van der Waals surface area (Å²) < 4.78 is 6.02. The van der Waals surface area contributed by atoms with Crippen LogP contribution in [0.15, 0.2) is 28.7 Å². The minimum Gasteiger partial charge on any atom is -0.461 e. The van der Waals surface area contributed by atoms with Gasteiger partial charge in [-0.15, -0.1) is 0 Å². The van der Waals surface area contributed by atoms with Crippen LogP contribution in [0.2, 0.25) is 0 Å². The maximum Gasteiger partial charge on any atom is 0.134 e. The molecule has 0 aliphatic carbocycles.